The molecule has 0 radical (unpaired) electrons. The van der Waals surface area contributed by atoms with Crippen LogP contribution >= 0.6 is 0 Å². The van der Waals surface area contributed by atoms with E-state index in [1.54, 1.807) is 4.90 Å². The molecule has 0 bridgehead atoms. The van der Waals surface area contributed by atoms with E-state index in [1.165, 1.54) is 0 Å². The van der Waals surface area contributed by atoms with E-state index < -0.39 is 11.7 Å². The van der Waals surface area contributed by atoms with Crippen molar-refractivity contribution in [3.8, 4) is 0 Å². The van der Waals surface area contributed by atoms with Crippen molar-refractivity contribution in [3.63, 3.8) is 0 Å². The van der Waals surface area contributed by atoms with Crippen molar-refractivity contribution in [1.29, 1.82) is 0 Å². The molecule has 0 aliphatic carbocycles. The Morgan fingerprint density at radius 1 is 0.800 bits per heavy atom. The van der Waals surface area contributed by atoms with Crippen LogP contribution in [-0.2, 0) is 15.1 Å². The van der Waals surface area contributed by atoms with Crippen LogP contribution in [0, 0.1) is 0 Å². The highest BCUT2D eigenvalue weighted by Crippen LogP contribution is 2.47. The first-order valence-electron chi connectivity index (χ1n) is 8.37. The third kappa shape index (κ3) is 2.83. The minimum Gasteiger partial charge on any atom is -0.351 e. The van der Waals surface area contributed by atoms with Crippen molar-refractivity contribution in [1.82, 2.24) is 0 Å². The molecule has 3 aromatic carbocycles. The van der Waals surface area contributed by atoms with Crippen LogP contribution in [0.5, 0.6) is 0 Å². The molecule has 1 aliphatic heterocycles. The molecule has 0 aromatic heterocycles. The van der Waals surface area contributed by atoms with Gasteiger partial charge in [0.05, 0.1) is 0 Å². The lowest BCUT2D eigenvalue weighted by Gasteiger charge is -2.23. The minimum atomic E-state index is -0.569. The number of hydrogen-bond acceptors (Lipinski definition) is 2. The average molecular weight is 329 g/mol. The van der Waals surface area contributed by atoms with Crippen molar-refractivity contribution in [2.75, 3.05) is 4.90 Å². The molecule has 3 nitrogen and oxygen atoms in total. The molecule has 1 fully saturated rings. The maximum absolute atomic E-state index is 13.3. The minimum absolute atomic E-state index is 0.0521. The summed E-state index contributed by atoms with van der Waals surface area (Å²) in [5.74, 6) is -0.0521. The normalized spacial score (nSPS) is 21.6. The number of nitrogens with zero attached hydrogens (tertiary/aromatic N) is 1. The van der Waals surface area contributed by atoms with Crippen LogP contribution in [0.15, 0.2) is 91.0 Å². The lowest BCUT2D eigenvalue weighted by atomic mass is 9.96. The van der Waals surface area contributed by atoms with Gasteiger partial charge in [0.25, 0.3) is 5.91 Å². The van der Waals surface area contributed by atoms with Crippen LogP contribution in [0.2, 0.25) is 0 Å². The third-order valence-corrected chi connectivity index (χ3v) is 4.63. The Morgan fingerprint density at radius 2 is 1.24 bits per heavy atom. The summed E-state index contributed by atoms with van der Waals surface area (Å²) < 4.78 is 5.89. The second-order valence-corrected chi connectivity index (χ2v) is 6.32. The number of amides is 1. The highest BCUT2D eigenvalue weighted by Gasteiger charge is 2.59. The fraction of sp³-hybridized carbons (Fsp3) is 0.136. The number of para-hydroxylation sites is 2. The molecule has 3 aromatic rings. The van der Waals surface area contributed by atoms with Gasteiger partial charge in [0.1, 0.15) is 5.60 Å². The Labute approximate surface area is 147 Å². The van der Waals surface area contributed by atoms with E-state index in [0.29, 0.717) is 0 Å². The van der Waals surface area contributed by atoms with Gasteiger partial charge in [0.2, 0.25) is 0 Å². The standard InChI is InChI=1S/C22H19NO2/c1-22(17-11-5-2-6-12-17)20(25-22)21(24)23(18-13-7-3-8-14-18)19-15-9-4-10-16-19/h2-16,20H,1H3/t20-,22+/m0/s1. The Hall–Kier alpha value is -2.91. The molecule has 0 saturated carbocycles. The molecule has 3 heteroatoms. The molecule has 1 amide bonds. The first-order valence-corrected chi connectivity index (χ1v) is 8.37. The van der Waals surface area contributed by atoms with Crippen molar-refractivity contribution in [2.45, 2.75) is 18.6 Å². The van der Waals surface area contributed by atoms with Crippen LogP contribution in [0.4, 0.5) is 11.4 Å². The third-order valence-electron chi connectivity index (χ3n) is 4.63. The van der Waals surface area contributed by atoms with Gasteiger partial charge in [-0.1, -0.05) is 66.7 Å². The quantitative estimate of drug-likeness (QED) is 0.652. The molecule has 0 unspecified atom stereocenters. The molecule has 0 N–H and O–H groups in total. The zero-order chi connectivity index (χ0) is 17.3. The summed E-state index contributed by atoms with van der Waals surface area (Å²) in [4.78, 5) is 15.0. The summed E-state index contributed by atoms with van der Waals surface area (Å²) in [6, 6.07) is 29.3. The lowest BCUT2D eigenvalue weighted by Crippen LogP contribution is -2.32. The van der Waals surface area contributed by atoms with Crippen molar-refractivity contribution >= 4 is 17.3 Å². The van der Waals surface area contributed by atoms with Gasteiger partial charge < -0.3 is 4.74 Å². The maximum Gasteiger partial charge on any atom is 0.264 e. The Bertz CT molecular complexity index is 825. The highest BCUT2D eigenvalue weighted by atomic mass is 16.6. The largest absolute Gasteiger partial charge is 0.351 e. The first-order chi connectivity index (χ1) is 12.2. The second kappa shape index (κ2) is 6.19. The molecule has 4 rings (SSSR count). The van der Waals surface area contributed by atoms with E-state index >= 15 is 0 Å². The van der Waals surface area contributed by atoms with E-state index in [1.807, 2.05) is 97.9 Å². The van der Waals surface area contributed by atoms with Crippen molar-refractivity contribution in [3.05, 3.63) is 96.6 Å². The van der Waals surface area contributed by atoms with Crippen LogP contribution in [0.3, 0.4) is 0 Å². The molecule has 1 aliphatic rings. The molecule has 0 spiro atoms. The second-order valence-electron chi connectivity index (χ2n) is 6.32. The smallest absolute Gasteiger partial charge is 0.264 e. The lowest BCUT2D eigenvalue weighted by molar-refractivity contribution is -0.119. The number of epoxide rings is 1. The number of ether oxygens (including phenoxy) is 1. The molecule has 1 saturated heterocycles. The van der Waals surface area contributed by atoms with E-state index in [4.69, 9.17) is 4.74 Å². The molecule has 124 valence electrons. The molecule has 2 atom stereocenters. The number of anilines is 2. The Kier molecular flexibility index (Phi) is 3.86. The fourth-order valence-electron chi connectivity index (χ4n) is 3.16. The van der Waals surface area contributed by atoms with Gasteiger partial charge in [-0.2, -0.15) is 0 Å². The zero-order valence-corrected chi connectivity index (χ0v) is 14.0. The number of benzene rings is 3. The monoisotopic (exact) mass is 329 g/mol. The van der Waals surface area contributed by atoms with Gasteiger partial charge in [-0.15, -0.1) is 0 Å². The molecule has 25 heavy (non-hydrogen) atoms. The van der Waals surface area contributed by atoms with E-state index in [-0.39, 0.29) is 5.91 Å². The summed E-state index contributed by atoms with van der Waals surface area (Å²) in [6.45, 7) is 1.97. The molecular formula is C22H19NO2. The maximum atomic E-state index is 13.3. The van der Waals surface area contributed by atoms with Gasteiger partial charge in [-0.05, 0) is 36.8 Å². The van der Waals surface area contributed by atoms with Crippen LogP contribution in [0.1, 0.15) is 12.5 Å². The number of carbonyl (C=O) groups is 1. The summed E-state index contributed by atoms with van der Waals surface area (Å²) in [7, 11) is 0. The topological polar surface area (TPSA) is 32.8 Å². The van der Waals surface area contributed by atoms with E-state index in [9.17, 15) is 4.79 Å². The predicted octanol–water partition coefficient (Wildman–Crippen LogP) is 4.67. The van der Waals surface area contributed by atoms with Gasteiger partial charge >= 0.3 is 0 Å². The van der Waals surface area contributed by atoms with Crippen LogP contribution in [0.25, 0.3) is 0 Å². The number of carbonyl (C=O) groups excluding carboxylic acids is 1. The molecule has 1 heterocycles. The first kappa shape index (κ1) is 15.6. The SMILES string of the molecule is C[C@]1(c2ccccc2)O[C@H]1C(=O)N(c1ccccc1)c1ccccc1. The number of rotatable bonds is 4. The summed E-state index contributed by atoms with van der Waals surface area (Å²) in [5.41, 5.74) is 2.13. The van der Waals surface area contributed by atoms with Gasteiger partial charge in [-0.25, -0.2) is 0 Å². The van der Waals surface area contributed by atoms with E-state index in [0.717, 1.165) is 16.9 Å². The van der Waals surface area contributed by atoms with Crippen molar-refractivity contribution < 1.29 is 9.53 Å². The van der Waals surface area contributed by atoms with Gasteiger partial charge in [0.15, 0.2) is 6.10 Å². The predicted molar refractivity (Wildman–Crippen MR) is 98.7 cm³/mol. The summed E-state index contributed by atoms with van der Waals surface area (Å²) in [6.07, 6.45) is -0.490. The number of hydrogen-bond donors (Lipinski definition) is 0. The zero-order valence-electron chi connectivity index (χ0n) is 14.0. The highest BCUT2D eigenvalue weighted by molar-refractivity contribution is 6.05. The van der Waals surface area contributed by atoms with Crippen LogP contribution < -0.4 is 4.90 Å². The van der Waals surface area contributed by atoms with Crippen LogP contribution in [-0.4, -0.2) is 12.0 Å². The summed E-state index contributed by atoms with van der Waals surface area (Å²) >= 11 is 0. The van der Waals surface area contributed by atoms with Gasteiger partial charge in [0, 0.05) is 11.4 Å². The molecular weight excluding hydrogens is 310 g/mol. The Morgan fingerprint density at radius 3 is 1.72 bits per heavy atom. The average Bonchev–Trinajstić information content (AvgIpc) is 3.38. The van der Waals surface area contributed by atoms with Crippen molar-refractivity contribution in [2.24, 2.45) is 0 Å². The van der Waals surface area contributed by atoms with Gasteiger partial charge in [-0.3, -0.25) is 9.69 Å². The van der Waals surface area contributed by atoms with E-state index in [2.05, 4.69) is 0 Å². The Balaban J connectivity index is 1.69. The summed E-state index contributed by atoms with van der Waals surface area (Å²) in [5, 5.41) is 0. The fourth-order valence-corrected chi connectivity index (χ4v) is 3.16.